The summed E-state index contributed by atoms with van der Waals surface area (Å²) in [5, 5.41) is 4.18. The number of likely N-dealkylation sites (tertiary alicyclic amines) is 1. The molecule has 2 fully saturated rings. The number of halogens is 1. The van der Waals surface area contributed by atoms with Crippen LogP contribution in [-0.2, 0) is 6.54 Å². The summed E-state index contributed by atoms with van der Waals surface area (Å²) >= 11 is 0. The third kappa shape index (κ3) is 3.61. The van der Waals surface area contributed by atoms with Gasteiger partial charge in [0, 0.05) is 37.5 Å². The SMILES string of the molecule is CC(C)c1nc(N2CCC3(CCCN(Cc4ccc(F)cc4)C3)C2)no1. The summed E-state index contributed by atoms with van der Waals surface area (Å²) in [5.74, 6) is 1.54. The van der Waals surface area contributed by atoms with Crippen molar-refractivity contribution in [2.75, 3.05) is 31.1 Å². The first-order valence-corrected chi connectivity index (χ1v) is 9.58. The van der Waals surface area contributed by atoms with E-state index in [-0.39, 0.29) is 11.7 Å². The summed E-state index contributed by atoms with van der Waals surface area (Å²) in [6.07, 6.45) is 3.62. The van der Waals surface area contributed by atoms with Crippen molar-refractivity contribution in [2.45, 2.75) is 45.6 Å². The van der Waals surface area contributed by atoms with Crippen LogP contribution in [0.4, 0.5) is 10.3 Å². The fourth-order valence-corrected chi connectivity index (χ4v) is 4.32. The number of anilines is 1. The van der Waals surface area contributed by atoms with Gasteiger partial charge >= 0.3 is 0 Å². The van der Waals surface area contributed by atoms with Crippen LogP contribution >= 0.6 is 0 Å². The molecule has 1 aromatic carbocycles. The number of piperidine rings is 1. The van der Waals surface area contributed by atoms with E-state index in [1.807, 2.05) is 12.1 Å². The van der Waals surface area contributed by atoms with Gasteiger partial charge in [0.05, 0.1) is 0 Å². The Morgan fingerprint density at radius 1 is 1.15 bits per heavy atom. The molecule has 2 saturated heterocycles. The van der Waals surface area contributed by atoms with Gasteiger partial charge in [0.1, 0.15) is 5.82 Å². The molecule has 6 heteroatoms. The maximum absolute atomic E-state index is 13.1. The molecule has 0 aliphatic carbocycles. The molecule has 0 bridgehead atoms. The van der Waals surface area contributed by atoms with Gasteiger partial charge in [0.15, 0.2) is 0 Å². The Balaban J connectivity index is 1.41. The minimum atomic E-state index is -0.170. The van der Waals surface area contributed by atoms with Crippen molar-refractivity contribution in [3.05, 3.63) is 41.5 Å². The third-order valence-corrected chi connectivity index (χ3v) is 5.71. The Hall–Kier alpha value is -1.95. The molecule has 4 rings (SSSR count). The van der Waals surface area contributed by atoms with Gasteiger partial charge in [-0.25, -0.2) is 4.39 Å². The van der Waals surface area contributed by atoms with Crippen LogP contribution in [0.1, 0.15) is 50.5 Å². The zero-order chi connectivity index (χ0) is 18.1. The first kappa shape index (κ1) is 17.5. The summed E-state index contributed by atoms with van der Waals surface area (Å²) in [7, 11) is 0. The first-order chi connectivity index (χ1) is 12.5. The zero-order valence-electron chi connectivity index (χ0n) is 15.6. The highest BCUT2D eigenvalue weighted by atomic mass is 19.1. The Morgan fingerprint density at radius 2 is 1.96 bits per heavy atom. The first-order valence-electron chi connectivity index (χ1n) is 9.58. The fraction of sp³-hybridized carbons (Fsp3) is 0.600. The Kier molecular flexibility index (Phi) is 4.69. The smallest absolute Gasteiger partial charge is 0.266 e. The lowest BCUT2D eigenvalue weighted by molar-refractivity contribution is 0.0991. The van der Waals surface area contributed by atoms with Crippen LogP contribution in [0.15, 0.2) is 28.8 Å². The molecule has 1 aromatic heterocycles. The fourth-order valence-electron chi connectivity index (χ4n) is 4.32. The Morgan fingerprint density at radius 3 is 2.69 bits per heavy atom. The van der Waals surface area contributed by atoms with Crippen molar-refractivity contribution in [3.8, 4) is 0 Å². The van der Waals surface area contributed by atoms with Crippen LogP contribution < -0.4 is 4.90 Å². The van der Waals surface area contributed by atoms with Crippen LogP contribution in [0.2, 0.25) is 0 Å². The zero-order valence-corrected chi connectivity index (χ0v) is 15.6. The highest BCUT2D eigenvalue weighted by molar-refractivity contribution is 5.32. The van der Waals surface area contributed by atoms with E-state index in [2.05, 4.69) is 33.8 Å². The predicted octanol–water partition coefficient (Wildman–Crippen LogP) is 3.82. The summed E-state index contributed by atoms with van der Waals surface area (Å²) in [4.78, 5) is 9.35. The van der Waals surface area contributed by atoms with Crippen LogP contribution in [0.3, 0.4) is 0 Å². The summed E-state index contributed by atoms with van der Waals surface area (Å²) < 4.78 is 18.5. The molecule has 1 spiro atoms. The molecule has 0 N–H and O–H groups in total. The molecule has 0 amide bonds. The lowest BCUT2D eigenvalue weighted by Gasteiger charge is -2.40. The van der Waals surface area contributed by atoms with Crippen molar-refractivity contribution in [2.24, 2.45) is 5.41 Å². The average molecular weight is 358 g/mol. The van der Waals surface area contributed by atoms with E-state index in [0.29, 0.717) is 11.3 Å². The third-order valence-electron chi connectivity index (χ3n) is 5.71. The quantitative estimate of drug-likeness (QED) is 0.831. The molecule has 2 aliphatic heterocycles. The lowest BCUT2D eigenvalue weighted by Crippen LogP contribution is -2.44. The number of benzene rings is 1. The second-order valence-electron chi connectivity index (χ2n) is 8.20. The van der Waals surface area contributed by atoms with Crippen molar-refractivity contribution in [1.82, 2.24) is 15.0 Å². The molecule has 26 heavy (non-hydrogen) atoms. The van der Waals surface area contributed by atoms with Crippen molar-refractivity contribution in [3.63, 3.8) is 0 Å². The number of aromatic nitrogens is 2. The normalized spacial score (nSPS) is 24.1. The maximum atomic E-state index is 13.1. The van der Waals surface area contributed by atoms with Gasteiger partial charge in [-0.3, -0.25) is 4.90 Å². The minimum absolute atomic E-state index is 0.170. The predicted molar refractivity (Wildman–Crippen MR) is 98.6 cm³/mol. The van der Waals surface area contributed by atoms with E-state index in [1.54, 1.807) is 12.1 Å². The number of hydrogen-bond donors (Lipinski definition) is 0. The average Bonchev–Trinajstić information content (AvgIpc) is 3.25. The summed E-state index contributed by atoms with van der Waals surface area (Å²) in [6.45, 7) is 9.19. The van der Waals surface area contributed by atoms with Crippen molar-refractivity contribution in [1.29, 1.82) is 0 Å². The highest BCUT2D eigenvalue weighted by Crippen LogP contribution is 2.40. The largest absolute Gasteiger partial charge is 0.338 e. The number of nitrogens with zero attached hydrogens (tertiary/aromatic N) is 4. The van der Waals surface area contributed by atoms with E-state index in [4.69, 9.17) is 4.52 Å². The van der Waals surface area contributed by atoms with Gasteiger partial charge < -0.3 is 9.42 Å². The Bertz CT molecular complexity index is 745. The number of rotatable bonds is 4. The minimum Gasteiger partial charge on any atom is -0.338 e. The topological polar surface area (TPSA) is 45.4 Å². The van der Waals surface area contributed by atoms with Crippen LogP contribution in [0, 0.1) is 11.2 Å². The lowest BCUT2D eigenvalue weighted by atomic mass is 9.79. The van der Waals surface area contributed by atoms with Crippen LogP contribution in [0.5, 0.6) is 0 Å². The monoisotopic (exact) mass is 358 g/mol. The van der Waals surface area contributed by atoms with E-state index in [9.17, 15) is 4.39 Å². The molecule has 0 saturated carbocycles. The number of hydrogen-bond acceptors (Lipinski definition) is 5. The highest BCUT2D eigenvalue weighted by Gasteiger charge is 2.42. The molecular weight excluding hydrogens is 331 g/mol. The van der Waals surface area contributed by atoms with E-state index >= 15 is 0 Å². The van der Waals surface area contributed by atoms with Gasteiger partial charge in [-0.05, 0) is 48.7 Å². The second kappa shape index (κ2) is 6.99. The van der Waals surface area contributed by atoms with Gasteiger partial charge in [0.2, 0.25) is 5.89 Å². The van der Waals surface area contributed by atoms with Gasteiger partial charge in [-0.15, -0.1) is 0 Å². The molecule has 5 nitrogen and oxygen atoms in total. The molecule has 2 aromatic rings. The van der Waals surface area contributed by atoms with Crippen LogP contribution in [0.25, 0.3) is 0 Å². The van der Waals surface area contributed by atoms with Crippen molar-refractivity contribution >= 4 is 5.95 Å². The van der Waals surface area contributed by atoms with E-state index < -0.39 is 0 Å². The summed E-state index contributed by atoms with van der Waals surface area (Å²) in [6, 6.07) is 6.89. The molecule has 1 atom stereocenters. The molecule has 0 radical (unpaired) electrons. The van der Waals surface area contributed by atoms with Gasteiger partial charge in [0.25, 0.3) is 5.95 Å². The maximum Gasteiger partial charge on any atom is 0.266 e. The van der Waals surface area contributed by atoms with Gasteiger partial charge in [-0.2, -0.15) is 4.98 Å². The van der Waals surface area contributed by atoms with Crippen molar-refractivity contribution < 1.29 is 8.91 Å². The molecular formula is C20H27FN4O. The molecule has 2 aliphatic rings. The standard InChI is InChI=1S/C20H27FN4O/c1-15(2)18-22-19(23-26-18)25-11-9-20(14-25)8-3-10-24(13-20)12-16-4-6-17(21)7-5-16/h4-7,15H,3,8-14H2,1-2H3. The molecule has 1 unspecified atom stereocenters. The van der Waals surface area contributed by atoms with Crippen LogP contribution in [-0.4, -0.2) is 41.2 Å². The van der Waals surface area contributed by atoms with E-state index in [0.717, 1.165) is 38.7 Å². The van der Waals surface area contributed by atoms with E-state index in [1.165, 1.54) is 24.8 Å². The molecule has 3 heterocycles. The molecule has 140 valence electrons. The van der Waals surface area contributed by atoms with Gasteiger partial charge in [-0.1, -0.05) is 26.0 Å². The summed E-state index contributed by atoms with van der Waals surface area (Å²) in [5.41, 5.74) is 1.48. The Labute approximate surface area is 154 Å². The second-order valence-corrected chi connectivity index (χ2v) is 8.20.